The van der Waals surface area contributed by atoms with Crippen LogP contribution in [0.2, 0.25) is 0 Å². The van der Waals surface area contributed by atoms with Crippen LogP contribution < -0.4 is 0 Å². The van der Waals surface area contributed by atoms with Crippen LogP contribution in [0.15, 0.2) is 9.72 Å². The Balaban J connectivity index is 3.19. The number of methoxy groups -OCH3 is 2. The van der Waals surface area contributed by atoms with Crippen LogP contribution in [0.5, 0.6) is 0 Å². The number of ether oxygens (including phenoxy) is 2. The monoisotopic (exact) mass is 338 g/mol. The number of nitrogens with zero attached hydrogens (tertiary/aromatic N) is 2. The average molecular weight is 338 g/mol. The lowest BCUT2D eigenvalue weighted by Gasteiger charge is -2.27. The number of sulfonamides is 1. The molecule has 10 heteroatoms. The third kappa shape index (κ3) is 4.20. The molecule has 1 atom stereocenters. The van der Waals surface area contributed by atoms with E-state index < -0.39 is 27.7 Å². The maximum Gasteiger partial charge on any atom is 0.356 e. The molecule has 1 rings (SSSR count). The first kappa shape index (κ1) is 18.0. The van der Waals surface area contributed by atoms with Crippen molar-refractivity contribution in [2.45, 2.75) is 17.2 Å². The molecule has 1 N–H and O–H groups in total. The number of rotatable bonds is 9. The molecule has 8 nitrogen and oxygen atoms in total. The zero-order valence-electron chi connectivity index (χ0n) is 12.0. The number of thiazole rings is 1. The van der Waals surface area contributed by atoms with E-state index in [4.69, 9.17) is 14.6 Å². The summed E-state index contributed by atoms with van der Waals surface area (Å²) in [6.07, 6.45) is 0. The van der Waals surface area contributed by atoms with Gasteiger partial charge in [0.1, 0.15) is 0 Å². The summed E-state index contributed by atoms with van der Waals surface area (Å²) >= 11 is 0.779. The summed E-state index contributed by atoms with van der Waals surface area (Å²) in [7, 11) is -1.05. The molecule has 0 aromatic carbocycles. The van der Waals surface area contributed by atoms with Gasteiger partial charge in [0.2, 0.25) is 0 Å². The molecule has 0 saturated heterocycles. The van der Waals surface area contributed by atoms with Crippen LogP contribution in [0.1, 0.15) is 17.4 Å². The van der Waals surface area contributed by atoms with Crippen molar-refractivity contribution >= 4 is 27.3 Å². The molecule has 120 valence electrons. The minimum absolute atomic E-state index is 0.0975. The Hall–Kier alpha value is -1.07. The summed E-state index contributed by atoms with van der Waals surface area (Å²) in [5.74, 6) is -1.37. The minimum Gasteiger partial charge on any atom is -0.476 e. The molecular weight excluding hydrogens is 320 g/mol. The Morgan fingerprint density at radius 2 is 2.14 bits per heavy atom. The molecule has 0 radical (unpaired) electrons. The predicted molar refractivity (Wildman–Crippen MR) is 76.2 cm³/mol. The second kappa shape index (κ2) is 7.80. The molecule has 1 aromatic rings. The number of carboxylic acids is 1. The van der Waals surface area contributed by atoms with Crippen LogP contribution in [0, 0.1) is 0 Å². The number of carboxylic acid groups (broad SMARTS) is 1. The van der Waals surface area contributed by atoms with Gasteiger partial charge in [0.25, 0.3) is 10.0 Å². The molecule has 0 bridgehead atoms. The van der Waals surface area contributed by atoms with E-state index in [-0.39, 0.29) is 24.0 Å². The van der Waals surface area contributed by atoms with E-state index in [0.717, 1.165) is 11.3 Å². The molecule has 0 amide bonds. The SMILES string of the molecule is COCCN(C(C)COC)S(=O)(=O)c1scnc1C(=O)O. The first-order valence-electron chi connectivity index (χ1n) is 6.02. The first-order valence-corrected chi connectivity index (χ1v) is 8.34. The van der Waals surface area contributed by atoms with Crippen LogP contribution in [0.3, 0.4) is 0 Å². The first-order chi connectivity index (χ1) is 9.86. The van der Waals surface area contributed by atoms with Gasteiger partial charge in [-0.25, -0.2) is 18.2 Å². The van der Waals surface area contributed by atoms with Crippen LogP contribution in [0.4, 0.5) is 0 Å². The van der Waals surface area contributed by atoms with Gasteiger partial charge in [-0.15, -0.1) is 11.3 Å². The molecule has 1 aromatic heterocycles. The second-order valence-electron chi connectivity index (χ2n) is 4.21. The molecular formula is C11H18N2O6S2. The smallest absolute Gasteiger partial charge is 0.356 e. The van der Waals surface area contributed by atoms with Crippen molar-refractivity contribution in [3.63, 3.8) is 0 Å². The Kier molecular flexibility index (Phi) is 6.68. The molecule has 1 unspecified atom stereocenters. The Morgan fingerprint density at radius 3 is 2.67 bits per heavy atom. The fraction of sp³-hybridized carbons (Fsp3) is 0.636. The molecule has 0 aliphatic carbocycles. The zero-order valence-corrected chi connectivity index (χ0v) is 13.6. The molecule has 0 aliphatic rings. The van der Waals surface area contributed by atoms with E-state index in [2.05, 4.69) is 4.98 Å². The van der Waals surface area contributed by atoms with Gasteiger partial charge >= 0.3 is 5.97 Å². The Bertz CT molecular complexity index is 571. The molecule has 1 heterocycles. The molecule has 21 heavy (non-hydrogen) atoms. The molecule has 0 saturated carbocycles. The van der Waals surface area contributed by atoms with Crippen molar-refractivity contribution in [2.75, 3.05) is 34.0 Å². The summed E-state index contributed by atoms with van der Waals surface area (Å²) in [5.41, 5.74) is 0.735. The average Bonchev–Trinajstić information content (AvgIpc) is 2.89. The standard InChI is InChI=1S/C11H18N2O6S2/c1-8(6-19-3)13(4-5-18-2)21(16,17)11-9(10(14)15)12-7-20-11/h7-8H,4-6H2,1-3H3,(H,14,15). The van der Waals surface area contributed by atoms with E-state index in [1.165, 1.54) is 24.0 Å². The van der Waals surface area contributed by atoms with Gasteiger partial charge in [-0.3, -0.25) is 0 Å². The van der Waals surface area contributed by atoms with Gasteiger partial charge in [0.05, 0.1) is 18.7 Å². The lowest BCUT2D eigenvalue weighted by molar-refractivity contribution is 0.0686. The molecule has 0 fully saturated rings. The Morgan fingerprint density at radius 1 is 1.48 bits per heavy atom. The van der Waals surface area contributed by atoms with E-state index in [1.807, 2.05) is 0 Å². The largest absolute Gasteiger partial charge is 0.476 e. The quantitative estimate of drug-likeness (QED) is 0.699. The minimum atomic E-state index is -3.98. The zero-order chi connectivity index (χ0) is 16.0. The van der Waals surface area contributed by atoms with Gasteiger partial charge in [0, 0.05) is 26.8 Å². The van der Waals surface area contributed by atoms with Crippen LogP contribution in [0.25, 0.3) is 0 Å². The number of hydrogen-bond acceptors (Lipinski definition) is 7. The van der Waals surface area contributed by atoms with Gasteiger partial charge in [-0.2, -0.15) is 4.31 Å². The fourth-order valence-corrected chi connectivity index (χ4v) is 4.61. The highest BCUT2D eigenvalue weighted by atomic mass is 32.2. The van der Waals surface area contributed by atoms with Crippen molar-refractivity contribution in [1.82, 2.24) is 9.29 Å². The lowest BCUT2D eigenvalue weighted by atomic mass is 10.3. The third-order valence-corrected chi connectivity index (χ3v) is 6.06. The van der Waals surface area contributed by atoms with Gasteiger partial charge in [-0.05, 0) is 6.92 Å². The number of aromatic carboxylic acids is 1. The van der Waals surface area contributed by atoms with Gasteiger partial charge in [-0.1, -0.05) is 0 Å². The highest BCUT2D eigenvalue weighted by Crippen LogP contribution is 2.25. The molecule has 0 aliphatic heterocycles. The normalized spacial score (nSPS) is 13.5. The predicted octanol–water partition coefficient (Wildman–Crippen LogP) is 0.513. The second-order valence-corrected chi connectivity index (χ2v) is 7.15. The van der Waals surface area contributed by atoms with E-state index in [0.29, 0.717) is 0 Å². The summed E-state index contributed by atoms with van der Waals surface area (Å²) in [5, 5.41) is 9.03. The summed E-state index contributed by atoms with van der Waals surface area (Å²) in [4.78, 5) is 14.7. The summed E-state index contributed by atoms with van der Waals surface area (Å²) < 4.78 is 36.1. The number of aromatic nitrogens is 1. The highest BCUT2D eigenvalue weighted by molar-refractivity contribution is 7.91. The van der Waals surface area contributed by atoms with Crippen molar-refractivity contribution in [3.8, 4) is 0 Å². The van der Waals surface area contributed by atoms with E-state index in [1.54, 1.807) is 6.92 Å². The maximum atomic E-state index is 12.7. The van der Waals surface area contributed by atoms with E-state index in [9.17, 15) is 13.2 Å². The topological polar surface area (TPSA) is 106 Å². The number of hydrogen-bond donors (Lipinski definition) is 1. The fourth-order valence-electron chi connectivity index (χ4n) is 1.75. The summed E-state index contributed by atoms with van der Waals surface area (Å²) in [6.45, 7) is 2.15. The van der Waals surface area contributed by atoms with Crippen molar-refractivity contribution in [3.05, 3.63) is 11.2 Å². The van der Waals surface area contributed by atoms with Gasteiger partial charge < -0.3 is 14.6 Å². The van der Waals surface area contributed by atoms with Crippen molar-refractivity contribution < 1.29 is 27.8 Å². The van der Waals surface area contributed by atoms with Gasteiger partial charge in [0.15, 0.2) is 9.90 Å². The maximum absolute atomic E-state index is 12.7. The van der Waals surface area contributed by atoms with E-state index >= 15 is 0 Å². The highest BCUT2D eigenvalue weighted by Gasteiger charge is 2.34. The van der Waals surface area contributed by atoms with Crippen molar-refractivity contribution in [1.29, 1.82) is 0 Å². The third-order valence-electron chi connectivity index (χ3n) is 2.70. The van der Waals surface area contributed by atoms with Crippen LogP contribution >= 0.6 is 11.3 Å². The lowest BCUT2D eigenvalue weighted by Crippen LogP contribution is -2.43. The Labute approximate surface area is 127 Å². The van der Waals surface area contributed by atoms with Crippen LogP contribution in [-0.2, 0) is 19.5 Å². The summed E-state index contributed by atoms with van der Waals surface area (Å²) in [6, 6.07) is -0.459. The molecule has 0 spiro atoms. The van der Waals surface area contributed by atoms with Crippen molar-refractivity contribution in [2.24, 2.45) is 0 Å². The number of carbonyl (C=O) groups is 1. The van der Waals surface area contributed by atoms with Crippen LogP contribution in [-0.4, -0.2) is 68.8 Å².